The fraction of sp³-hybridized carbons (Fsp3) is 0.565. The third-order valence-corrected chi connectivity index (χ3v) is 6.05. The molecule has 1 aliphatic carbocycles. The van der Waals surface area contributed by atoms with Crippen LogP contribution in [0.25, 0.3) is 0 Å². The number of benzene rings is 1. The average molecular weight is 395 g/mol. The molecule has 6 heteroatoms. The summed E-state index contributed by atoms with van der Waals surface area (Å²) in [6, 6.07) is 11.2. The van der Waals surface area contributed by atoms with Gasteiger partial charge in [0, 0.05) is 55.4 Å². The van der Waals surface area contributed by atoms with Crippen LogP contribution in [0.2, 0.25) is 0 Å². The van der Waals surface area contributed by atoms with E-state index in [0.29, 0.717) is 6.04 Å². The van der Waals surface area contributed by atoms with Crippen LogP contribution in [0.15, 0.2) is 30.3 Å². The van der Waals surface area contributed by atoms with Crippen LogP contribution in [0.3, 0.4) is 0 Å². The maximum absolute atomic E-state index is 4.72. The van der Waals surface area contributed by atoms with Crippen molar-refractivity contribution in [1.29, 1.82) is 0 Å². The normalized spacial score (nSPS) is 19.0. The third-order valence-electron chi connectivity index (χ3n) is 6.05. The quantitative estimate of drug-likeness (QED) is 0.733. The van der Waals surface area contributed by atoms with E-state index in [1.54, 1.807) is 0 Å². The second-order valence-corrected chi connectivity index (χ2v) is 8.51. The summed E-state index contributed by atoms with van der Waals surface area (Å²) in [5.74, 6) is 1.59. The molecule has 2 aromatic rings. The zero-order valence-electron chi connectivity index (χ0n) is 17.8. The van der Waals surface area contributed by atoms with Crippen LogP contribution in [0.5, 0.6) is 0 Å². The van der Waals surface area contributed by atoms with E-state index in [4.69, 9.17) is 4.98 Å². The van der Waals surface area contributed by atoms with E-state index in [1.165, 1.54) is 44.2 Å². The number of nitrogens with zero attached hydrogens (tertiary/aromatic N) is 4. The highest BCUT2D eigenvalue weighted by molar-refractivity contribution is 5.61. The summed E-state index contributed by atoms with van der Waals surface area (Å²) in [5, 5.41) is 7.02. The number of likely N-dealkylation sites (N-methyl/N-ethyl adjacent to an activating group) is 1. The van der Waals surface area contributed by atoms with Crippen LogP contribution in [-0.2, 0) is 0 Å². The van der Waals surface area contributed by atoms with Crippen molar-refractivity contribution in [2.45, 2.75) is 51.5 Å². The Balaban J connectivity index is 1.40. The van der Waals surface area contributed by atoms with Crippen molar-refractivity contribution in [2.75, 3.05) is 48.8 Å². The Morgan fingerprint density at radius 1 is 0.897 bits per heavy atom. The molecular formula is C23H34N6. The predicted molar refractivity (Wildman–Crippen MR) is 121 cm³/mol. The van der Waals surface area contributed by atoms with Gasteiger partial charge in [-0.2, -0.15) is 4.98 Å². The number of rotatable bonds is 5. The monoisotopic (exact) mass is 394 g/mol. The van der Waals surface area contributed by atoms with Crippen LogP contribution in [0.1, 0.15) is 44.2 Å². The highest BCUT2D eigenvalue weighted by Gasteiger charge is 2.15. The molecule has 1 aliphatic heterocycles. The number of anilines is 4. The Labute approximate surface area is 174 Å². The number of aromatic nitrogens is 2. The van der Waals surface area contributed by atoms with Crippen molar-refractivity contribution in [3.63, 3.8) is 0 Å². The predicted octanol–water partition coefficient (Wildman–Crippen LogP) is 4.42. The summed E-state index contributed by atoms with van der Waals surface area (Å²) >= 11 is 0. The van der Waals surface area contributed by atoms with Crippen LogP contribution in [0.4, 0.5) is 23.1 Å². The van der Waals surface area contributed by atoms with Crippen molar-refractivity contribution >= 4 is 23.1 Å². The summed E-state index contributed by atoms with van der Waals surface area (Å²) < 4.78 is 0. The first-order valence-electron chi connectivity index (χ1n) is 11.1. The van der Waals surface area contributed by atoms with E-state index in [9.17, 15) is 0 Å². The topological polar surface area (TPSA) is 56.3 Å². The number of aryl methyl sites for hydroxylation is 1. The molecule has 1 aromatic carbocycles. The molecule has 156 valence electrons. The Bertz CT molecular complexity index is 774. The van der Waals surface area contributed by atoms with E-state index in [1.807, 2.05) is 13.0 Å². The molecule has 2 fully saturated rings. The molecular weight excluding hydrogens is 360 g/mol. The molecule has 0 amide bonds. The lowest BCUT2D eigenvalue weighted by Crippen LogP contribution is -2.44. The van der Waals surface area contributed by atoms with E-state index in [0.717, 1.165) is 49.3 Å². The van der Waals surface area contributed by atoms with Gasteiger partial charge in [-0.05, 0) is 51.1 Å². The Morgan fingerprint density at radius 2 is 1.59 bits per heavy atom. The van der Waals surface area contributed by atoms with Gasteiger partial charge in [0.2, 0.25) is 5.95 Å². The van der Waals surface area contributed by atoms with E-state index in [2.05, 4.69) is 56.7 Å². The summed E-state index contributed by atoms with van der Waals surface area (Å²) in [6.45, 7) is 6.45. The molecule has 0 unspecified atom stereocenters. The number of hydrogen-bond donors (Lipinski definition) is 2. The van der Waals surface area contributed by atoms with E-state index in [-0.39, 0.29) is 0 Å². The molecule has 0 atom stereocenters. The van der Waals surface area contributed by atoms with Crippen LogP contribution in [0, 0.1) is 6.92 Å². The van der Waals surface area contributed by atoms with Gasteiger partial charge in [0.1, 0.15) is 5.82 Å². The minimum Gasteiger partial charge on any atom is -0.369 e. The summed E-state index contributed by atoms with van der Waals surface area (Å²) in [5.41, 5.74) is 3.33. The maximum atomic E-state index is 4.72. The fourth-order valence-corrected chi connectivity index (χ4v) is 4.27. The Morgan fingerprint density at radius 3 is 2.28 bits per heavy atom. The molecule has 2 heterocycles. The summed E-state index contributed by atoms with van der Waals surface area (Å²) in [4.78, 5) is 14.2. The lowest BCUT2D eigenvalue weighted by atomic mass is 10.1. The molecule has 2 N–H and O–H groups in total. The molecule has 4 rings (SSSR count). The Hall–Kier alpha value is -2.34. The molecule has 1 saturated heterocycles. The first-order valence-corrected chi connectivity index (χ1v) is 11.1. The molecule has 1 aromatic heterocycles. The molecule has 0 radical (unpaired) electrons. The number of hydrogen-bond acceptors (Lipinski definition) is 6. The van der Waals surface area contributed by atoms with Crippen LogP contribution >= 0.6 is 0 Å². The SMILES string of the molecule is Cc1cc(Nc2ccc(N3CCN(C)CC3)cc2)nc(NC2CCCCCC2)n1. The van der Waals surface area contributed by atoms with Crippen molar-refractivity contribution < 1.29 is 0 Å². The van der Waals surface area contributed by atoms with Crippen molar-refractivity contribution in [1.82, 2.24) is 14.9 Å². The number of nitrogens with one attached hydrogen (secondary N) is 2. The van der Waals surface area contributed by atoms with Gasteiger partial charge < -0.3 is 20.4 Å². The van der Waals surface area contributed by atoms with Gasteiger partial charge in [-0.3, -0.25) is 0 Å². The van der Waals surface area contributed by atoms with Gasteiger partial charge >= 0.3 is 0 Å². The lowest BCUT2D eigenvalue weighted by Gasteiger charge is -2.34. The summed E-state index contributed by atoms with van der Waals surface area (Å²) in [7, 11) is 2.19. The minimum atomic E-state index is 0.495. The Kier molecular flexibility index (Phi) is 6.49. The largest absolute Gasteiger partial charge is 0.369 e. The van der Waals surface area contributed by atoms with Gasteiger partial charge in [0.15, 0.2) is 0 Å². The fourth-order valence-electron chi connectivity index (χ4n) is 4.27. The van der Waals surface area contributed by atoms with E-state index < -0.39 is 0 Å². The minimum absolute atomic E-state index is 0.495. The smallest absolute Gasteiger partial charge is 0.225 e. The van der Waals surface area contributed by atoms with Gasteiger partial charge in [-0.15, -0.1) is 0 Å². The molecule has 0 spiro atoms. The van der Waals surface area contributed by atoms with E-state index >= 15 is 0 Å². The molecule has 0 bridgehead atoms. The first-order chi connectivity index (χ1) is 14.2. The third kappa shape index (κ3) is 5.60. The zero-order chi connectivity index (χ0) is 20.1. The highest BCUT2D eigenvalue weighted by atomic mass is 15.2. The van der Waals surface area contributed by atoms with Gasteiger partial charge in [0.25, 0.3) is 0 Å². The molecule has 1 saturated carbocycles. The maximum Gasteiger partial charge on any atom is 0.225 e. The van der Waals surface area contributed by atoms with Gasteiger partial charge in [-0.25, -0.2) is 4.98 Å². The lowest BCUT2D eigenvalue weighted by molar-refractivity contribution is 0.313. The second kappa shape index (κ2) is 9.44. The molecule has 29 heavy (non-hydrogen) atoms. The zero-order valence-corrected chi connectivity index (χ0v) is 17.8. The van der Waals surface area contributed by atoms with Crippen molar-refractivity contribution in [2.24, 2.45) is 0 Å². The second-order valence-electron chi connectivity index (χ2n) is 8.51. The first kappa shape index (κ1) is 20.0. The summed E-state index contributed by atoms with van der Waals surface area (Å²) in [6.07, 6.45) is 7.73. The molecule has 2 aliphatic rings. The molecule has 6 nitrogen and oxygen atoms in total. The van der Waals surface area contributed by atoms with Gasteiger partial charge in [0.05, 0.1) is 0 Å². The van der Waals surface area contributed by atoms with Crippen molar-refractivity contribution in [3.8, 4) is 0 Å². The van der Waals surface area contributed by atoms with Crippen LogP contribution in [-0.4, -0.2) is 54.1 Å². The van der Waals surface area contributed by atoms with Gasteiger partial charge in [-0.1, -0.05) is 25.7 Å². The average Bonchev–Trinajstić information content (AvgIpc) is 2.97. The van der Waals surface area contributed by atoms with Crippen LogP contribution < -0.4 is 15.5 Å². The van der Waals surface area contributed by atoms with Crippen molar-refractivity contribution in [3.05, 3.63) is 36.0 Å². The highest BCUT2D eigenvalue weighted by Crippen LogP contribution is 2.24. The standard InChI is InChI=1S/C23H34N6/c1-18-17-22(27-23(24-18)26-19-7-5-3-4-6-8-19)25-20-9-11-21(12-10-20)29-15-13-28(2)14-16-29/h9-12,17,19H,3-8,13-16H2,1-2H3,(H2,24,25,26,27). The number of piperazine rings is 1.